The molecule has 0 aliphatic rings. The average Bonchev–Trinajstić information content (AvgIpc) is 1.81. The Hall–Kier alpha value is -0.0100. The summed E-state index contributed by atoms with van der Waals surface area (Å²) in [5.41, 5.74) is 2.53. The lowest BCUT2D eigenvalue weighted by atomic mass is 10.2. The largest absolute Gasteiger partial charge is 0.371 e. The fourth-order valence-corrected chi connectivity index (χ4v) is 0.425. The van der Waals surface area contributed by atoms with E-state index in [1.807, 2.05) is 27.7 Å². The van der Waals surface area contributed by atoms with Gasteiger partial charge < -0.3 is 4.74 Å². The highest BCUT2D eigenvalue weighted by molar-refractivity contribution is 6.25. The molecule has 60 valence electrons. The monoisotopic (exact) mass is 162 g/mol. The van der Waals surface area contributed by atoms with Crippen molar-refractivity contribution in [3.63, 3.8) is 0 Å². The molecule has 1 nitrogen and oxygen atoms in total. The molecule has 10 heavy (non-hydrogen) atoms. The maximum atomic E-state index is 5.44. The van der Waals surface area contributed by atoms with Crippen LogP contribution in [0.15, 0.2) is 11.1 Å². The Morgan fingerprint density at radius 3 is 2.30 bits per heavy atom. The van der Waals surface area contributed by atoms with Crippen molar-refractivity contribution in [1.82, 2.24) is 0 Å². The standard InChI is InChI=1S/C8H15ClO/c1-7(5-9)6-10-8(2,3)4/h5H,6H2,1-4H3/b7-5+. The quantitative estimate of drug-likeness (QED) is 0.607. The smallest absolute Gasteiger partial charge is 0.0692 e. The highest BCUT2D eigenvalue weighted by Crippen LogP contribution is 2.08. The van der Waals surface area contributed by atoms with Crippen LogP contribution in [0.3, 0.4) is 0 Å². The minimum atomic E-state index is -0.0683. The summed E-state index contributed by atoms with van der Waals surface area (Å²) in [5, 5.41) is 0. The summed E-state index contributed by atoms with van der Waals surface area (Å²) in [4.78, 5) is 0. The second kappa shape index (κ2) is 3.99. The summed E-state index contributed by atoms with van der Waals surface area (Å²) < 4.78 is 5.43. The van der Waals surface area contributed by atoms with Crippen molar-refractivity contribution in [1.29, 1.82) is 0 Å². The van der Waals surface area contributed by atoms with Gasteiger partial charge in [-0.25, -0.2) is 0 Å². The molecule has 0 spiro atoms. The van der Waals surface area contributed by atoms with Crippen LogP contribution in [0.1, 0.15) is 27.7 Å². The topological polar surface area (TPSA) is 9.23 Å². The van der Waals surface area contributed by atoms with E-state index >= 15 is 0 Å². The number of halogens is 1. The third-order valence-corrected chi connectivity index (χ3v) is 1.29. The van der Waals surface area contributed by atoms with Crippen LogP contribution >= 0.6 is 11.6 Å². The zero-order valence-corrected chi connectivity index (χ0v) is 7.83. The Bertz CT molecular complexity index is 122. The molecule has 0 amide bonds. The van der Waals surface area contributed by atoms with Gasteiger partial charge in [-0.3, -0.25) is 0 Å². The van der Waals surface area contributed by atoms with E-state index in [4.69, 9.17) is 16.3 Å². The second-order valence-electron chi connectivity index (χ2n) is 3.36. The molecule has 0 aliphatic carbocycles. The molecule has 0 unspecified atom stereocenters. The van der Waals surface area contributed by atoms with Crippen LogP contribution in [-0.2, 0) is 4.74 Å². The van der Waals surface area contributed by atoms with E-state index in [2.05, 4.69) is 0 Å². The molecular formula is C8H15ClO. The molecule has 0 aromatic heterocycles. The van der Waals surface area contributed by atoms with Gasteiger partial charge in [0.15, 0.2) is 0 Å². The first-order chi connectivity index (χ1) is 4.45. The molecule has 0 fully saturated rings. The summed E-state index contributed by atoms with van der Waals surface area (Å²) in [6.45, 7) is 8.63. The first-order valence-corrected chi connectivity index (χ1v) is 3.79. The van der Waals surface area contributed by atoms with Crippen LogP contribution in [-0.4, -0.2) is 12.2 Å². The van der Waals surface area contributed by atoms with E-state index in [9.17, 15) is 0 Å². The Kier molecular flexibility index (Phi) is 3.99. The van der Waals surface area contributed by atoms with E-state index in [0.29, 0.717) is 6.61 Å². The van der Waals surface area contributed by atoms with E-state index in [1.54, 1.807) is 5.54 Å². The second-order valence-corrected chi connectivity index (χ2v) is 3.57. The Balaban J connectivity index is 3.56. The maximum Gasteiger partial charge on any atom is 0.0692 e. The molecule has 0 aliphatic heterocycles. The fourth-order valence-electron chi connectivity index (χ4n) is 0.362. The molecule has 0 N–H and O–H groups in total. The van der Waals surface area contributed by atoms with Crippen LogP contribution < -0.4 is 0 Å². The number of rotatable bonds is 2. The van der Waals surface area contributed by atoms with Gasteiger partial charge in [-0.2, -0.15) is 0 Å². The molecule has 0 atom stereocenters. The maximum absolute atomic E-state index is 5.44. The van der Waals surface area contributed by atoms with Crippen molar-refractivity contribution < 1.29 is 4.74 Å². The lowest BCUT2D eigenvalue weighted by molar-refractivity contribution is 0.0112. The van der Waals surface area contributed by atoms with E-state index < -0.39 is 0 Å². The number of hydrogen-bond donors (Lipinski definition) is 0. The van der Waals surface area contributed by atoms with E-state index in [-0.39, 0.29) is 5.60 Å². The molecule has 0 radical (unpaired) electrons. The Morgan fingerprint density at radius 2 is 2.00 bits per heavy atom. The molecule has 0 aromatic rings. The minimum absolute atomic E-state index is 0.0683. The van der Waals surface area contributed by atoms with Crippen molar-refractivity contribution in [2.45, 2.75) is 33.3 Å². The minimum Gasteiger partial charge on any atom is -0.371 e. The fraction of sp³-hybridized carbons (Fsp3) is 0.750. The molecule has 0 saturated carbocycles. The van der Waals surface area contributed by atoms with Crippen LogP contribution in [0.5, 0.6) is 0 Å². The SMILES string of the molecule is C/C(=C\Cl)COC(C)(C)C. The van der Waals surface area contributed by atoms with Crippen molar-refractivity contribution >= 4 is 11.6 Å². The van der Waals surface area contributed by atoms with Gasteiger partial charge in [0.2, 0.25) is 0 Å². The molecule has 0 aromatic carbocycles. The first kappa shape index (κ1) is 9.99. The van der Waals surface area contributed by atoms with Gasteiger partial charge in [0.05, 0.1) is 12.2 Å². The van der Waals surface area contributed by atoms with Gasteiger partial charge in [0.1, 0.15) is 0 Å². The molecular weight excluding hydrogens is 148 g/mol. The molecule has 0 rings (SSSR count). The number of hydrogen-bond acceptors (Lipinski definition) is 1. The van der Waals surface area contributed by atoms with Crippen LogP contribution in [0.25, 0.3) is 0 Å². The number of ether oxygens (including phenoxy) is 1. The lowest BCUT2D eigenvalue weighted by Gasteiger charge is -2.19. The van der Waals surface area contributed by atoms with Crippen molar-refractivity contribution in [3.05, 3.63) is 11.1 Å². The summed E-state index contributed by atoms with van der Waals surface area (Å²) >= 11 is 5.44. The van der Waals surface area contributed by atoms with E-state index in [1.165, 1.54) is 0 Å². The Labute approximate surface area is 68.0 Å². The van der Waals surface area contributed by atoms with E-state index in [0.717, 1.165) is 5.57 Å². The Morgan fingerprint density at radius 1 is 1.50 bits per heavy atom. The molecule has 0 bridgehead atoms. The van der Waals surface area contributed by atoms with Gasteiger partial charge in [0.25, 0.3) is 0 Å². The van der Waals surface area contributed by atoms with Gasteiger partial charge >= 0.3 is 0 Å². The van der Waals surface area contributed by atoms with Crippen LogP contribution in [0, 0.1) is 0 Å². The van der Waals surface area contributed by atoms with Gasteiger partial charge in [-0.1, -0.05) is 11.6 Å². The zero-order valence-electron chi connectivity index (χ0n) is 7.07. The van der Waals surface area contributed by atoms with Gasteiger partial charge in [0, 0.05) is 5.54 Å². The molecule has 0 saturated heterocycles. The van der Waals surface area contributed by atoms with Crippen molar-refractivity contribution in [2.24, 2.45) is 0 Å². The zero-order chi connectivity index (χ0) is 8.20. The highest BCUT2D eigenvalue weighted by atomic mass is 35.5. The van der Waals surface area contributed by atoms with Crippen LogP contribution in [0.4, 0.5) is 0 Å². The normalized spacial score (nSPS) is 13.9. The van der Waals surface area contributed by atoms with Crippen molar-refractivity contribution in [2.75, 3.05) is 6.61 Å². The lowest BCUT2D eigenvalue weighted by Crippen LogP contribution is -2.19. The third kappa shape index (κ3) is 6.12. The van der Waals surface area contributed by atoms with Crippen LogP contribution in [0.2, 0.25) is 0 Å². The van der Waals surface area contributed by atoms with Crippen molar-refractivity contribution in [3.8, 4) is 0 Å². The predicted molar refractivity (Wildman–Crippen MR) is 45.3 cm³/mol. The summed E-state index contributed by atoms with van der Waals surface area (Å²) in [7, 11) is 0. The molecule has 2 heteroatoms. The highest BCUT2D eigenvalue weighted by Gasteiger charge is 2.08. The summed E-state index contributed by atoms with van der Waals surface area (Å²) in [5.74, 6) is 0. The van der Waals surface area contributed by atoms with Gasteiger partial charge in [-0.05, 0) is 33.3 Å². The summed E-state index contributed by atoms with van der Waals surface area (Å²) in [6.07, 6.45) is 0. The third-order valence-electron chi connectivity index (χ3n) is 0.919. The molecule has 0 heterocycles. The average molecular weight is 163 g/mol. The predicted octanol–water partition coefficient (Wildman–Crippen LogP) is 2.94. The van der Waals surface area contributed by atoms with Gasteiger partial charge in [-0.15, -0.1) is 0 Å². The first-order valence-electron chi connectivity index (χ1n) is 3.35. The summed E-state index contributed by atoms with van der Waals surface area (Å²) in [6, 6.07) is 0.